The summed E-state index contributed by atoms with van der Waals surface area (Å²) in [7, 11) is -0.379. The molecule has 0 unspecified atom stereocenters. The molecule has 1 atom stereocenters. The molecule has 1 aliphatic heterocycles. The Morgan fingerprint density at radius 3 is 2.83 bits per heavy atom. The second-order valence-electron chi connectivity index (χ2n) is 6.41. The number of benzene rings is 2. The van der Waals surface area contributed by atoms with E-state index in [2.05, 4.69) is 28.3 Å². The van der Waals surface area contributed by atoms with E-state index in [1.54, 1.807) is 0 Å². The Balaban J connectivity index is 1.57. The van der Waals surface area contributed by atoms with Gasteiger partial charge >= 0.3 is 7.05 Å². The van der Waals surface area contributed by atoms with Crippen LogP contribution in [0, 0.1) is 0 Å². The smallest absolute Gasteiger partial charge is 0.376 e. The van der Waals surface area contributed by atoms with E-state index >= 15 is 0 Å². The number of anilines is 1. The Labute approximate surface area is 144 Å². The fourth-order valence-electron chi connectivity index (χ4n) is 3.12. The summed E-state index contributed by atoms with van der Waals surface area (Å²) in [6.45, 7) is 4.24. The second kappa shape index (κ2) is 8.22. The lowest BCUT2D eigenvalue weighted by Gasteiger charge is -2.34. The van der Waals surface area contributed by atoms with E-state index in [9.17, 15) is 5.02 Å². The van der Waals surface area contributed by atoms with Gasteiger partial charge in [-0.1, -0.05) is 36.4 Å². The van der Waals surface area contributed by atoms with Crippen molar-refractivity contribution >= 4 is 12.7 Å². The summed E-state index contributed by atoms with van der Waals surface area (Å²) in [6, 6.07) is 18.6. The standard InChI is InChI=1S/C19H25BN2O2/c1-20(23)22-12-6-10-18(14-22)21-17-9-5-11-19(13-17)24-15-16-7-3-2-4-8-16/h2-5,7-9,11,13,18,21,23H,6,10,12,14-15H2,1H3/t18-/m1/s1. The minimum atomic E-state index is -0.379. The molecule has 3 rings (SSSR count). The van der Waals surface area contributed by atoms with Crippen LogP contribution < -0.4 is 10.1 Å². The lowest BCUT2D eigenvalue weighted by molar-refractivity contribution is 0.295. The Morgan fingerprint density at radius 2 is 2.04 bits per heavy atom. The number of nitrogens with zero attached hydrogens (tertiary/aromatic N) is 1. The molecule has 2 aromatic carbocycles. The zero-order valence-corrected chi connectivity index (χ0v) is 14.2. The van der Waals surface area contributed by atoms with Crippen LogP contribution in [-0.2, 0) is 6.61 Å². The topological polar surface area (TPSA) is 44.7 Å². The number of ether oxygens (including phenoxy) is 1. The monoisotopic (exact) mass is 324 g/mol. The van der Waals surface area contributed by atoms with Crippen LogP contribution in [-0.4, -0.2) is 36.0 Å². The fourth-order valence-corrected chi connectivity index (χ4v) is 3.12. The summed E-state index contributed by atoms with van der Waals surface area (Å²) in [4.78, 5) is 2.11. The van der Waals surface area contributed by atoms with Crippen LogP contribution in [0.2, 0.25) is 6.82 Å². The molecule has 0 aromatic heterocycles. The molecule has 5 heteroatoms. The van der Waals surface area contributed by atoms with Crippen molar-refractivity contribution in [2.45, 2.75) is 32.3 Å². The molecule has 0 radical (unpaired) electrons. The zero-order valence-electron chi connectivity index (χ0n) is 14.2. The van der Waals surface area contributed by atoms with Gasteiger partial charge in [0.15, 0.2) is 0 Å². The van der Waals surface area contributed by atoms with Crippen LogP contribution in [0.1, 0.15) is 18.4 Å². The fraction of sp³-hybridized carbons (Fsp3) is 0.368. The number of nitrogens with one attached hydrogen (secondary N) is 1. The molecule has 0 saturated carbocycles. The molecule has 1 heterocycles. The highest BCUT2D eigenvalue weighted by Crippen LogP contribution is 2.21. The normalized spacial score (nSPS) is 18.2. The predicted octanol–water partition coefficient (Wildman–Crippen LogP) is 3.25. The van der Waals surface area contributed by atoms with E-state index < -0.39 is 0 Å². The van der Waals surface area contributed by atoms with E-state index in [0.717, 1.165) is 42.9 Å². The average molecular weight is 324 g/mol. The van der Waals surface area contributed by atoms with Crippen molar-refractivity contribution < 1.29 is 9.76 Å². The van der Waals surface area contributed by atoms with E-state index in [1.807, 2.05) is 43.2 Å². The number of piperidine rings is 1. The van der Waals surface area contributed by atoms with Gasteiger partial charge in [0.2, 0.25) is 0 Å². The SMILES string of the molecule is CB(O)N1CCC[C@@H](Nc2cccc(OCc3ccccc3)c2)C1. The maximum Gasteiger partial charge on any atom is 0.376 e. The van der Waals surface area contributed by atoms with Gasteiger partial charge in [-0.05, 0) is 43.9 Å². The van der Waals surface area contributed by atoms with Gasteiger partial charge in [0.05, 0.1) is 0 Å². The largest absolute Gasteiger partial charge is 0.489 e. The van der Waals surface area contributed by atoms with Gasteiger partial charge in [-0.3, -0.25) is 0 Å². The second-order valence-corrected chi connectivity index (χ2v) is 6.41. The molecule has 24 heavy (non-hydrogen) atoms. The molecular weight excluding hydrogens is 299 g/mol. The van der Waals surface area contributed by atoms with Crippen molar-refractivity contribution in [1.29, 1.82) is 0 Å². The first-order valence-electron chi connectivity index (χ1n) is 8.66. The van der Waals surface area contributed by atoms with Crippen LogP contribution in [0.4, 0.5) is 5.69 Å². The molecule has 4 nitrogen and oxygen atoms in total. The molecule has 0 bridgehead atoms. The Morgan fingerprint density at radius 1 is 1.21 bits per heavy atom. The Bertz CT molecular complexity index is 636. The van der Waals surface area contributed by atoms with Gasteiger partial charge in [-0.2, -0.15) is 0 Å². The van der Waals surface area contributed by atoms with E-state index in [0.29, 0.717) is 12.6 Å². The maximum absolute atomic E-state index is 9.76. The molecule has 0 amide bonds. The molecule has 0 aliphatic carbocycles. The number of hydrogen-bond acceptors (Lipinski definition) is 4. The molecule has 0 spiro atoms. The van der Waals surface area contributed by atoms with Crippen LogP contribution in [0.5, 0.6) is 5.75 Å². The molecule has 2 N–H and O–H groups in total. The van der Waals surface area contributed by atoms with Gasteiger partial charge in [-0.15, -0.1) is 0 Å². The molecule has 2 aromatic rings. The van der Waals surface area contributed by atoms with Crippen molar-refractivity contribution in [1.82, 2.24) is 4.81 Å². The van der Waals surface area contributed by atoms with Crippen molar-refractivity contribution in [2.75, 3.05) is 18.4 Å². The zero-order chi connectivity index (χ0) is 16.8. The minimum Gasteiger partial charge on any atom is -0.489 e. The number of hydrogen-bond donors (Lipinski definition) is 2. The molecule has 126 valence electrons. The molecule has 1 fully saturated rings. The van der Waals surface area contributed by atoms with Gasteiger partial charge in [0, 0.05) is 24.3 Å². The van der Waals surface area contributed by atoms with Crippen LogP contribution in [0.3, 0.4) is 0 Å². The highest BCUT2D eigenvalue weighted by atomic mass is 16.5. The molecule has 1 saturated heterocycles. The van der Waals surface area contributed by atoms with Gasteiger partial charge in [-0.25, -0.2) is 0 Å². The van der Waals surface area contributed by atoms with Crippen LogP contribution in [0.25, 0.3) is 0 Å². The highest BCUT2D eigenvalue weighted by molar-refractivity contribution is 6.45. The van der Waals surface area contributed by atoms with Crippen molar-refractivity contribution in [3.05, 3.63) is 60.2 Å². The van der Waals surface area contributed by atoms with Gasteiger partial charge < -0.3 is 19.9 Å². The lowest BCUT2D eigenvalue weighted by atomic mass is 9.82. The number of rotatable bonds is 6. The van der Waals surface area contributed by atoms with E-state index in [1.165, 1.54) is 0 Å². The first-order chi connectivity index (χ1) is 11.7. The minimum absolute atomic E-state index is 0.359. The maximum atomic E-state index is 9.76. The Kier molecular flexibility index (Phi) is 5.78. The average Bonchev–Trinajstić information content (AvgIpc) is 2.61. The third-order valence-electron chi connectivity index (χ3n) is 4.43. The molecule has 1 aliphatic rings. The summed E-state index contributed by atoms with van der Waals surface area (Å²) >= 11 is 0. The third-order valence-corrected chi connectivity index (χ3v) is 4.43. The summed E-state index contributed by atoms with van der Waals surface area (Å²) in [5.74, 6) is 0.868. The molecular formula is C19H25BN2O2. The van der Waals surface area contributed by atoms with E-state index in [4.69, 9.17) is 4.74 Å². The lowest BCUT2D eigenvalue weighted by Crippen LogP contribution is -2.48. The van der Waals surface area contributed by atoms with Gasteiger partial charge in [0.25, 0.3) is 0 Å². The third kappa shape index (κ3) is 4.76. The van der Waals surface area contributed by atoms with Crippen molar-refractivity contribution in [3.63, 3.8) is 0 Å². The van der Waals surface area contributed by atoms with Crippen molar-refractivity contribution in [3.8, 4) is 5.75 Å². The summed E-state index contributed by atoms with van der Waals surface area (Å²) in [5.41, 5.74) is 2.23. The first-order valence-corrected chi connectivity index (χ1v) is 8.66. The van der Waals surface area contributed by atoms with Gasteiger partial charge in [0.1, 0.15) is 12.4 Å². The Hall–Kier alpha value is -1.98. The van der Waals surface area contributed by atoms with Crippen molar-refractivity contribution in [2.24, 2.45) is 0 Å². The van der Waals surface area contributed by atoms with Crippen LogP contribution in [0.15, 0.2) is 54.6 Å². The van der Waals surface area contributed by atoms with Crippen LogP contribution >= 0.6 is 0 Å². The quantitative estimate of drug-likeness (QED) is 0.801. The highest BCUT2D eigenvalue weighted by Gasteiger charge is 2.24. The first kappa shape index (κ1) is 16.9. The summed E-state index contributed by atoms with van der Waals surface area (Å²) in [5, 5.41) is 13.3. The summed E-state index contributed by atoms with van der Waals surface area (Å²) < 4.78 is 5.89. The van der Waals surface area contributed by atoms with E-state index in [-0.39, 0.29) is 7.05 Å². The predicted molar refractivity (Wildman–Crippen MR) is 99.3 cm³/mol. The summed E-state index contributed by atoms with van der Waals surface area (Å²) in [6.07, 6.45) is 2.23.